The molecule has 0 saturated heterocycles. The summed E-state index contributed by atoms with van der Waals surface area (Å²) in [5.41, 5.74) is 19.2. The van der Waals surface area contributed by atoms with Crippen LogP contribution >= 0.6 is 0 Å². The number of fused-ring (bicyclic) bond motifs is 8. The molecule has 0 amide bonds. The SMILES string of the molecule is CC1(C)c2ccccc2-c2c(N(c3ccccc3)c3ccc(-c4ccc5c(c4)c4ccccc4n5-c4ccccc4)cc3)cc(-c3cccc4ccccc34)c(-c3cccc4ccccc34)c21. The maximum atomic E-state index is 2.51. The molecule has 0 bridgehead atoms. The molecule has 316 valence electrons. The van der Waals surface area contributed by atoms with Crippen LogP contribution < -0.4 is 4.90 Å². The Morgan fingerprint density at radius 2 is 0.896 bits per heavy atom. The molecule has 12 aromatic rings. The van der Waals surface area contributed by atoms with E-state index in [1.807, 2.05) is 0 Å². The highest BCUT2D eigenvalue weighted by Gasteiger charge is 2.42. The standard InChI is InChI=1S/C65H46N2/c1-65(2)58-33-15-13-30-55(58)63-61(42-57(52-31-17-21-44-19-9-11-27-50(44)52)62(64(63)65)54-32-18-22-45-20-10-12-28-51(45)54)66(47-23-5-3-6-24-47)49-38-35-43(36-39-49)46-37-40-60-56(41-46)53-29-14-16-34-59(53)67(60)48-25-7-4-8-26-48/h3-42H,1-2H3. The Labute approximate surface area is 391 Å². The second-order valence-electron chi connectivity index (χ2n) is 18.4. The quantitative estimate of drug-likeness (QED) is 0.155. The van der Waals surface area contributed by atoms with Gasteiger partial charge in [-0.1, -0.05) is 196 Å². The molecule has 0 atom stereocenters. The average Bonchev–Trinajstić information content (AvgIpc) is 3.85. The van der Waals surface area contributed by atoms with E-state index in [9.17, 15) is 0 Å². The predicted molar refractivity (Wildman–Crippen MR) is 284 cm³/mol. The fraction of sp³-hybridized carbons (Fsp3) is 0.0462. The van der Waals surface area contributed by atoms with Crippen molar-refractivity contribution in [3.05, 3.63) is 254 Å². The molecule has 13 rings (SSSR count). The Bertz CT molecular complexity index is 3870. The number of aromatic nitrogens is 1. The van der Waals surface area contributed by atoms with Gasteiger partial charge in [0.1, 0.15) is 0 Å². The number of rotatable bonds is 7. The van der Waals surface area contributed by atoms with E-state index in [2.05, 4.69) is 266 Å². The van der Waals surface area contributed by atoms with Crippen LogP contribution in [0, 0.1) is 0 Å². The minimum absolute atomic E-state index is 0.317. The van der Waals surface area contributed by atoms with E-state index < -0.39 is 0 Å². The Morgan fingerprint density at radius 1 is 0.358 bits per heavy atom. The van der Waals surface area contributed by atoms with E-state index in [4.69, 9.17) is 0 Å². The molecule has 0 fully saturated rings. The summed E-state index contributed by atoms with van der Waals surface area (Å²) in [5, 5.41) is 7.46. The van der Waals surface area contributed by atoms with Crippen molar-refractivity contribution in [1.29, 1.82) is 0 Å². The van der Waals surface area contributed by atoms with Crippen molar-refractivity contribution < 1.29 is 0 Å². The second kappa shape index (κ2) is 15.3. The smallest absolute Gasteiger partial charge is 0.0549 e. The fourth-order valence-corrected chi connectivity index (χ4v) is 11.3. The molecular formula is C65H46N2. The first kappa shape index (κ1) is 39.0. The average molecular weight is 855 g/mol. The molecule has 0 spiro atoms. The van der Waals surface area contributed by atoms with E-state index in [1.165, 1.54) is 99.0 Å². The lowest BCUT2D eigenvalue weighted by Gasteiger charge is -2.32. The summed E-state index contributed by atoms with van der Waals surface area (Å²) in [6.45, 7) is 4.86. The van der Waals surface area contributed by atoms with Crippen molar-refractivity contribution in [1.82, 2.24) is 4.57 Å². The van der Waals surface area contributed by atoms with Gasteiger partial charge in [0.15, 0.2) is 0 Å². The molecule has 1 heterocycles. The van der Waals surface area contributed by atoms with Crippen molar-refractivity contribution in [3.8, 4) is 50.2 Å². The van der Waals surface area contributed by atoms with Crippen LogP contribution in [0.5, 0.6) is 0 Å². The van der Waals surface area contributed by atoms with Gasteiger partial charge in [-0.3, -0.25) is 0 Å². The van der Waals surface area contributed by atoms with Crippen molar-refractivity contribution in [3.63, 3.8) is 0 Å². The van der Waals surface area contributed by atoms with Gasteiger partial charge in [-0.25, -0.2) is 0 Å². The zero-order valence-corrected chi connectivity index (χ0v) is 37.5. The van der Waals surface area contributed by atoms with Gasteiger partial charge in [0, 0.05) is 38.8 Å². The molecule has 2 heteroatoms. The Balaban J connectivity index is 1.06. The van der Waals surface area contributed by atoms with Gasteiger partial charge in [-0.05, 0) is 132 Å². The molecule has 67 heavy (non-hydrogen) atoms. The fourth-order valence-electron chi connectivity index (χ4n) is 11.3. The molecule has 0 saturated carbocycles. The molecular weight excluding hydrogens is 809 g/mol. The summed E-state index contributed by atoms with van der Waals surface area (Å²) in [6, 6.07) is 89.5. The Kier molecular flexibility index (Phi) is 8.91. The number of benzene rings is 11. The first-order valence-corrected chi connectivity index (χ1v) is 23.3. The van der Waals surface area contributed by atoms with Gasteiger partial charge in [0.05, 0.1) is 16.7 Å². The van der Waals surface area contributed by atoms with Gasteiger partial charge >= 0.3 is 0 Å². The minimum Gasteiger partial charge on any atom is -0.310 e. The lowest BCUT2D eigenvalue weighted by Crippen LogP contribution is -2.18. The van der Waals surface area contributed by atoms with Crippen LogP contribution in [0.1, 0.15) is 25.0 Å². The summed E-state index contributed by atoms with van der Waals surface area (Å²) in [4.78, 5) is 2.50. The summed E-state index contributed by atoms with van der Waals surface area (Å²) in [6.07, 6.45) is 0. The lowest BCUT2D eigenvalue weighted by molar-refractivity contribution is 0.662. The van der Waals surface area contributed by atoms with Crippen LogP contribution in [0.4, 0.5) is 17.1 Å². The molecule has 1 aliphatic carbocycles. The third-order valence-corrected chi connectivity index (χ3v) is 14.3. The van der Waals surface area contributed by atoms with E-state index in [0.29, 0.717) is 0 Å². The number of nitrogens with zero attached hydrogens (tertiary/aromatic N) is 2. The molecule has 0 unspecified atom stereocenters. The normalized spacial score (nSPS) is 12.7. The molecule has 1 aliphatic rings. The summed E-state index contributed by atoms with van der Waals surface area (Å²) in [7, 11) is 0. The van der Waals surface area contributed by atoms with Gasteiger partial charge in [0.2, 0.25) is 0 Å². The Hall–Kier alpha value is -8.46. The maximum absolute atomic E-state index is 2.51. The number of hydrogen-bond acceptors (Lipinski definition) is 1. The van der Waals surface area contributed by atoms with Crippen LogP contribution in [0.25, 0.3) is 93.5 Å². The van der Waals surface area contributed by atoms with Crippen molar-refractivity contribution in [2.24, 2.45) is 0 Å². The van der Waals surface area contributed by atoms with E-state index in [1.54, 1.807) is 0 Å². The first-order valence-electron chi connectivity index (χ1n) is 23.3. The van der Waals surface area contributed by atoms with Gasteiger partial charge < -0.3 is 9.47 Å². The van der Waals surface area contributed by atoms with Gasteiger partial charge in [-0.15, -0.1) is 0 Å². The van der Waals surface area contributed by atoms with Crippen LogP contribution in [-0.4, -0.2) is 4.57 Å². The highest BCUT2D eigenvalue weighted by atomic mass is 15.1. The Morgan fingerprint density at radius 3 is 1.64 bits per heavy atom. The zero-order valence-electron chi connectivity index (χ0n) is 37.5. The van der Waals surface area contributed by atoms with Crippen LogP contribution in [0.15, 0.2) is 243 Å². The monoisotopic (exact) mass is 854 g/mol. The summed E-state index contributed by atoms with van der Waals surface area (Å²) >= 11 is 0. The van der Waals surface area contributed by atoms with Gasteiger partial charge in [-0.2, -0.15) is 0 Å². The number of hydrogen-bond donors (Lipinski definition) is 0. The van der Waals surface area contributed by atoms with Crippen LogP contribution in [-0.2, 0) is 5.41 Å². The largest absolute Gasteiger partial charge is 0.310 e. The zero-order chi connectivity index (χ0) is 44.6. The summed E-state index contributed by atoms with van der Waals surface area (Å²) in [5.74, 6) is 0. The highest BCUT2D eigenvalue weighted by Crippen LogP contribution is 2.60. The molecule has 0 N–H and O–H groups in total. The van der Waals surface area contributed by atoms with Crippen LogP contribution in [0.2, 0.25) is 0 Å². The molecule has 1 aromatic heterocycles. The highest BCUT2D eigenvalue weighted by molar-refractivity contribution is 6.13. The maximum Gasteiger partial charge on any atom is 0.0549 e. The predicted octanol–water partition coefficient (Wildman–Crippen LogP) is 17.9. The van der Waals surface area contributed by atoms with Crippen molar-refractivity contribution >= 4 is 60.4 Å². The van der Waals surface area contributed by atoms with Crippen molar-refractivity contribution in [2.45, 2.75) is 19.3 Å². The number of para-hydroxylation sites is 3. The molecule has 0 aliphatic heterocycles. The molecule has 0 radical (unpaired) electrons. The first-order chi connectivity index (χ1) is 33.0. The molecule has 11 aromatic carbocycles. The van der Waals surface area contributed by atoms with Gasteiger partial charge in [0.25, 0.3) is 0 Å². The van der Waals surface area contributed by atoms with Crippen molar-refractivity contribution in [2.75, 3.05) is 4.90 Å². The number of anilines is 3. The minimum atomic E-state index is -0.317. The third-order valence-electron chi connectivity index (χ3n) is 14.3. The van der Waals surface area contributed by atoms with E-state index >= 15 is 0 Å². The third kappa shape index (κ3) is 6.10. The topological polar surface area (TPSA) is 8.17 Å². The van der Waals surface area contributed by atoms with E-state index in [0.717, 1.165) is 22.7 Å². The molecule has 2 nitrogen and oxygen atoms in total. The summed E-state index contributed by atoms with van der Waals surface area (Å²) < 4.78 is 2.38. The van der Waals surface area contributed by atoms with Crippen LogP contribution in [0.3, 0.4) is 0 Å². The van der Waals surface area contributed by atoms with E-state index in [-0.39, 0.29) is 5.41 Å². The second-order valence-corrected chi connectivity index (χ2v) is 18.4. The lowest BCUT2D eigenvalue weighted by atomic mass is 9.75.